The summed E-state index contributed by atoms with van der Waals surface area (Å²) in [6.45, 7) is 12.0. The third-order valence-corrected chi connectivity index (χ3v) is 23.5. The third-order valence-electron chi connectivity index (χ3n) is 17.4. The van der Waals surface area contributed by atoms with E-state index >= 15 is 0 Å². The number of thiophene rings is 1. The highest BCUT2D eigenvalue weighted by molar-refractivity contribution is 7.27. The predicted molar refractivity (Wildman–Crippen MR) is 297 cm³/mol. The number of aryl methyl sites for hydroxylation is 1. The van der Waals surface area contributed by atoms with E-state index in [1.54, 1.807) is 0 Å². The third kappa shape index (κ3) is 4.61. The van der Waals surface area contributed by atoms with Crippen molar-refractivity contribution in [3.05, 3.63) is 187 Å². The molecular weight excluding hydrogens is 872 g/mol. The fourth-order valence-electron chi connectivity index (χ4n) is 14.2. The molecule has 4 aliphatic heterocycles. The molecular formula is C63H47BN2OSSi. The Morgan fingerprint density at radius 3 is 1.96 bits per heavy atom. The molecule has 6 heterocycles. The number of hydrogen-bond donors (Lipinski definition) is 0. The van der Waals surface area contributed by atoms with Crippen molar-refractivity contribution in [2.24, 2.45) is 0 Å². The molecule has 0 atom stereocenters. The minimum absolute atomic E-state index is 0.0247. The lowest BCUT2D eigenvalue weighted by Gasteiger charge is -2.52. The van der Waals surface area contributed by atoms with Gasteiger partial charge in [-0.25, -0.2) is 0 Å². The van der Waals surface area contributed by atoms with E-state index in [9.17, 15) is 0 Å². The van der Waals surface area contributed by atoms with E-state index in [1.807, 2.05) is 11.3 Å². The van der Waals surface area contributed by atoms with Crippen LogP contribution in [-0.4, -0.2) is 14.9 Å². The van der Waals surface area contributed by atoms with Crippen molar-refractivity contribution in [2.45, 2.75) is 58.3 Å². The predicted octanol–water partition coefficient (Wildman–Crippen LogP) is 13.0. The zero-order valence-corrected chi connectivity index (χ0v) is 41.2. The van der Waals surface area contributed by atoms with Crippen LogP contribution in [0.25, 0.3) is 64.4 Å². The van der Waals surface area contributed by atoms with Gasteiger partial charge in [0, 0.05) is 64.8 Å². The Kier molecular flexibility index (Phi) is 7.28. The van der Waals surface area contributed by atoms with Crippen molar-refractivity contribution in [3.8, 4) is 22.3 Å². The zero-order chi connectivity index (χ0) is 45.9. The second kappa shape index (κ2) is 12.9. The van der Waals surface area contributed by atoms with Gasteiger partial charge in [-0.1, -0.05) is 167 Å². The molecule has 0 radical (unpaired) electrons. The number of nitrogens with zero attached hydrogens (tertiary/aromatic N) is 2. The quantitative estimate of drug-likeness (QED) is 0.153. The zero-order valence-electron chi connectivity index (χ0n) is 39.4. The highest BCUT2D eigenvalue weighted by Crippen LogP contribution is 2.56. The number of anilines is 5. The summed E-state index contributed by atoms with van der Waals surface area (Å²) in [6.07, 6.45) is 2.33. The molecule has 69 heavy (non-hydrogen) atoms. The van der Waals surface area contributed by atoms with Crippen LogP contribution < -0.4 is 41.4 Å². The lowest BCUT2D eigenvalue weighted by Crippen LogP contribution is -2.78. The van der Waals surface area contributed by atoms with E-state index < -0.39 is 8.07 Å². The lowest BCUT2D eigenvalue weighted by atomic mass is 9.43. The van der Waals surface area contributed by atoms with E-state index in [-0.39, 0.29) is 17.7 Å². The summed E-state index contributed by atoms with van der Waals surface area (Å²) in [5, 5.41) is 10.9. The molecule has 0 bridgehead atoms. The number of para-hydroxylation sites is 3. The highest BCUT2D eigenvalue weighted by atomic mass is 32.1. The summed E-state index contributed by atoms with van der Waals surface area (Å²) in [5.74, 6) is 0. The molecule has 3 nitrogen and oxygen atoms in total. The first-order valence-electron chi connectivity index (χ1n) is 24.8. The standard InChI is InChI=1S/C63H47BN2OSSi/c1-36-33-44-45(63(4,5)32-31-62(44,2)3)35-48(36)65-49-34-43-38-18-7-12-24-51(38)68-61(43)56-42-21-16-28-55-58(42)66(64(57(49)56)46-30-29-41-37-17-6-11-23-50(37)67-60(41)59(46)65)47-22-10-15-27-54(47)69(55)52-25-13-8-19-39(52)40-20-9-14-26-53(40)69/h6-30,33-35H,31-32H2,1-5H3. The molecule has 0 saturated heterocycles. The first-order chi connectivity index (χ1) is 33.6. The van der Waals surface area contributed by atoms with Crippen LogP contribution in [-0.2, 0) is 10.8 Å². The van der Waals surface area contributed by atoms with Crippen LogP contribution in [0.4, 0.5) is 28.4 Å². The van der Waals surface area contributed by atoms with Crippen LogP contribution in [0.2, 0.25) is 0 Å². The van der Waals surface area contributed by atoms with Crippen molar-refractivity contribution in [1.29, 1.82) is 0 Å². The van der Waals surface area contributed by atoms with Gasteiger partial charge < -0.3 is 14.1 Å². The van der Waals surface area contributed by atoms with Crippen molar-refractivity contribution in [3.63, 3.8) is 0 Å². The van der Waals surface area contributed by atoms with E-state index in [1.165, 1.54) is 120 Å². The SMILES string of the molecule is Cc1cc2c(cc1N1c3cc4c(sc5ccccc54)c4c3B(c3ccc5c(oc6ccccc65)c31)N1c3ccccc3[Si]3(c5ccccc5-c5ccccc53)c3cccc-4c31)C(C)(C)CCC2(C)C. The second-order valence-corrected chi connectivity index (χ2v) is 26.5. The molecule has 0 fully saturated rings. The normalized spacial score (nSPS) is 16.9. The average molecular weight is 919 g/mol. The molecule has 0 unspecified atom stereocenters. The first-order valence-corrected chi connectivity index (χ1v) is 27.6. The van der Waals surface area contributed by atoms with Crippen molar-refractivity contribution >= 4 is 128 Å². The van der Waals surface area contributed by atoms with E-state index in [2.05, 4.69) is 214 Å². The van der Waals surface area contributed by atoms with Gasteiger partial charge in [0.15, 0.2) is 13.7 Å². The van der Waals surface area contributed by atoms with Gasteiger partial charge in [-0.05, 0) is 120 Å². The van der Waals surface area contributed by atoms with Gasteiger partial charge >= 0.3 is 6.85 Å². The first kappa shape index (κ1) is 38.8. The van der Waals surface area contributed by atoms with Gasteiger partial charge in [-0.2, -0.15) is 0 Å². The number of rotatable bonds is 1. The Morgan fingerprint density at radius 1 is 0.536 bits per heavy atom. The summed E-state index contributed by atoms with van der Waals surface area (Å²) in [4.78, 5) is 5.46. The molecule has 2 aromatic heterocycles. The largest absolute Gasteiger partial charge is 0.454 e. The van der Waals surface area contributed by atoms with Gasteiger partial charge in [0.05, 0.1) is 5.69 Å². The monoisotopic (exact) mass is 918 g/mol. The van der Waals surface area contributed by atoms with Crippen LogP contribution >= 0.6 is 11.3 Å². The molecule has 9 aromatic carbocycles. The van der Waals surface area contributed by atoms with Crippen LogP contribution in [0.15, 0.2) is 174 Å². The highest BCUT2D eigenvalue weighted by Gasteiger charge is 2.58. The number of hydrogen-bond acceptors (Lipinski definition) is 4. The fraction of sp³-hybridized carbons (Fsp3) is 0.143. The maximum absolute atomic E-state index is 7.28. The van der Waals surface area contributed by atoms with Gasteiger partial charge in [-0.3, -0.25) is 0 Å². The Morgan fingerprint density at radius 2 is 1.17 bits per heavy atom. The summed E-state index contributed by atoms with van der Waals surface area (Å²) in [6, 6.07) is 65.8. The minimum atomic E-state index is -2.85. The Balaban J connectivity index is 1.11. The fourth-order valence-corrected chi connectivity index (χ4v) is 21.1. The molecule has 16 rings (SSSR count). The minimum Gasteiger partial charge on any atom is -0.454 e. The summed E-state index contributed by atoms with van der Waals surface area (Å²) in [7, 11) is -2.85. The molecule has 0 saturated carbocycles. The van der Waals surface area contributed by atoms with Crippen molar-refractivity contribution in [2.75, 3.05) is 9.71 Å². The molecule has 1 aliphatic carbocycles. The molecule has 5 aliphatic rings. The maximum atomic E-state index is 7.28. The lowest BCUT2D eigenvalue weighted by molar-refractivity contribution is 0.332. The van der Waals surface area contributed by atoms with Crippen molar-refractivity contribution in [1.82, 2.24) is 0 Å². The van der Waals surface area contributed by atoms with Gasteiger partial charge in [-0.15, -0.1) is 11.3 Å². The Bertz CT molecular complexity index is 4110. The van der Waals surface area contributed by atoms with Gasteiger partial charge in [0.1, 0.15) is 5.58 Å². The van der Waals surface area contributed by atoms with E-state index in [0.29, 0.717) is 0 Å². The summed E-state index contributed by atoms with van der Waals surface area (Å²) < 4.78 is 9.97. The van der Waals surface area contributed by atoms with Crippen LogP contribution in [0, 0.1) is 6.92 Å². The second-order valence-electron chi connectivity index (χ2n) is 21.8. The summed E-state index contributed by atoms with van der Waals surface area (Å²) in [5.41, 5.74) is 20.6. The molecule has 1 spiro atoms. The molecule has 0 amide bonds. The molecule has 6 heteroatoms. The van der Waals surface area contributed by atoms with Crippen molar-refractivity contribution < 1.29 is 4.42 Å². The number of furan rings is 1. The number of fused-ring (bicyclic) bond motifs is 22. The number of benzene rings is 9. The van der Waals surface area contributed by atoms with E-state index in [0.717, 1.165) is 34.0 Å². The topological polar surface area (TPSA) is 19.6 Å². The molecule has 11 aromatic rings. The molecule has 328 valence electrons. The average Bonchev–Trinajstić information content (AvgIpc) is 4.04. The van der Waals surface area contributed by atoms with E-state index in [4.69, 9.17) is 4.42 Å². The smallest absolute Gasteiger partial charge is 0.333 e. The van der Waals surface area contributed by atoms with Gasteiger partial charge in [0.2, 0.25) is 0 Å². The maximum Gasteiger partial charge on any atom is 0.333 e. The van der Waals surface area contributed by atoms with Crippen LogP contribution in [0.3, 0.4) is 0 Å². The van der Waals surface area contributed by atoms with Crippen LogP contribution in [0.5, 0.6) is 0 Å². The van der Waals surface area contributed by atoms with Gasteiger partial charge in [0.25, 0.3) is 0 Å². The molecule has 0 N–H and O–H groups in total. The van der Waals surface area contributed by atoms with Crippen LogP contribution in [0.1, 0.15) is 57.2 Å². The summed E-state index contributed by atoms with van der Waals surface area (Å²) >= 11 is 1.97. The Hall–Kier alpha value is -7.12. The Labute approximate surface area is 407 Å².